The molecular formula is C11H22O3Si. The Morgan fingerprint density at radius 3 is 2.73 bits per heavy atom. The Labute approximate surface area is 94.8 Å². The van der Waals surface area contributed by atoms with Crippen LogP contribution in [-0.4, -0.2) is 28.9 Å². The standard InChI is InChI=1S/C11H22O3Si/c1-3-11(12)13-9-7-5-6-8-10-15-14-4-2/h3H,1,4-10,15H2,2H3. The zero-order valence-corrected chi connectivity index (χ0v) is 11.1. The van der Waals surface area contributed by atoms with E-state index in [2.05, 4.69) is 6.58 Å². The predicted molar refractivity (Wildman–Crippen MR) is 64.6 cm³/mol. The summed E-state index contributed by atoms with van der Waals surface area (Å²) in [5.74, 6) is -0.321. The molecule has 0 aromatic carbocycles. The number of hydrogen-bond donors (Lipinski definition) is 0. The van der Waals surface area contributed by atoms with E-state index in [0.29, 0.717) is 6.61 Å². The molecule has 0 saturated carbocycles. The summed E-state index contributed by atoms with van der Waals surface area (Å²) in [6, 6.07) is 1.26. The van der Waals surface area contributed by atoms with Crippen molar-refractivity contribution in [3.05, 3.63) is 12.7 Å². The van der Waals surface area contributed by atoms with Gasteiger partial charge in [-0.15, -0.1) is 0 Å². The highest BCUT2D eigenvalue weighted by molar-refractivity contribution is 6.26. The molecule has 0 saturated heterocycles. The maximum absolute atomic E-state index is 10.7. The number of unbranched alkanes of at least 4 members (excludes halogenated alkanes) is 3. The molecule has 0 aromatic rings. The molecule has 0 spiro atoms. The molecule has 0 amide bonds. The van der Waals surface area contributed by atoms with E-state index < -0.39 is 0 Å². The molecule has 0 atom stereocenters. The maximum Gasteiger partial charge on any atom is 0.330 e. The summed E-state index contributed by atoms with van der Waals surface area (Å²) < 4.78 is 10.2. The van der Waals surface area contributed by atoms with Crippen molar-refractivity contribution in [2.75, 3.05) is 13.2 Å². The molecule has 0 aliphatic carbocycles. The monoisotopic (exact) mass is 230 g/mol. The number of ether oxygens (including phenoxy) is 1. The maximum atomic E-state index is 10.7. The fourth-order valence-corrected chi connectivity index (χ4v) is 2.26. The van der Waals surface area contributed by atoms with Gasteiger partial charge in [-0.25, -0.2) is 4.79 Å². The highest BCUT2D eigenvalue weighted by atomic mass is 28.2. The SMILES string of the molecule is C=CC(=O)OCCCCCC[SiH2]OCC. The third-order valence-corrected chi connectivity index (χ3v) is 3.53. The third-order valence-electron chi connectivity index (χ3n) is 2.05. The van der Waals surface area contributed by atoms with Gasteiger partial charge in [0.25, 0.3) is 0 Å². The zero-order chi connectivity index (χ0) is 11.4. The van der Waals surface area contributed by atoms with Crippen LogP contribution in [0.4, 0.5) is 0 Å². The van der Waals surface area contributed by atoms with Gasteiger partial charge in [0.15, 0.2) is 9.76 Å². The van der Waals surface area contributed by atoms with E-state index in [0.717, 1.165) is 19.4 Å². The molecule has 3 nitrogen and oxygen atoms in total. The van der Waals surface area contributed by atoms with Gasteiger partial charge in [-0.2, -0.15) is 0 Å². The summed E-state index contributed by atoms with van der Waals surface area (Å²) in [5, 5.41) is 0. The van der Waals surface area contributed by atoms with Gasteiger partial charge in [0.2, 0.25) is 0 Å². The molecule has 4 heteroatoms. The second kappa shape index (κ2) is 11.5. The number of carbonyl (C=O) groups is 1. The smallest absolute Gasteiger partial charge is 0.330 e. The van der Waals surface area contributed by atoms with Crippen molar-refractivity contribution in [1.29, 1.82) is 0 Å². The molecule has 0 aliphatic heterocycles. The highest BCUT2D eigenvalue weighted by Crippen LogP contribution is 2.03. The van der Waals surface area contributed by atoms with Crippen molar-refractivity contribution < 1.29 is 14.0 Å². The van der Waals surface area contributed by atoms with Crippen LogP contribution in [0.1, 0.15) is 32.6 Å². The van der Waals surface area contributed by atoms with Gasteiger partial charge in [0.1, 0.15) is 0 Å². The van der Waals surface area contributed by atoms with Crippen LogP contribution < -0.4 is 0 Å². The van der Waals surface area contributed by atoms with Gasteiger partial charge in [-0.1, -0.05) is 25.8 Å². The summed E-state index contributed by atoms with van der Waals surface area (Å²) in [4.78, 5) is 10.7. The summed E-state index contributed by atoms with van der Waals surface area (Å²) in [5.41, 5.74) is 0. The van der Waals surface area contributed by atoms with Crippen LogP contribution in [0, 0.1) is 0 Å². The lowest BCUT2D eigenvalue weighted by molar-refractivity contribution is -0.137. The summed E-state index contributed by atoms with van der Waals surface area (Å²) in [6.07, 6.45) is 5.75. The fraction of sp³-hybridized carbons (Fsp3) is 0.727. The number of hydrogen-bond acceptors (Lipinski definition) is 3. The normalized spacial score (nSPS) is 10.7. The lowest BCUT2D eigenvalue weighted by Crippen LogP contribution is -2.01. The summed E-state index contributed by atoms with van der Waals surface area (Å²) in [7, 11) is -0.243. The molecule has 0 heterocycles. The van der Waals surface area contributed by atoms with Crippen molar-refractivity contribution in [1.82, 2.24) is 0 Å². The predicted octanol–water partition coefficient (Wildman–Crippen LogP) is 1.81. The molecule has 0 bridgehead atoms. The van der Waals surface area contributed by atoms with Crippen LogP contribution in [-0.2, 0) is 14.0 Å². The van der Waals surface area contributed by atoms with E-state index in [9.17, 15) is 4.79 Å². The Morgan fingerprint density at radius 2 is 2.07 bits per heavy atom. The van der Waals surface area contributed by atoms with Crippen LogP contribution in [0.25, 0.3) is 0 Å². The average molecular weight is 230 g/mol. The summed E-state index contributed by atoms with van der Waals surface area (Å²) >= 11 is 0. The quantitative estimate of drug-likeness (QED) is 0.248. The van der Waals surface area contributed by atoms with Gasteiger partial charge < -0.3 is 9.16 Å². The summed E-state index contributed by atoms with van der Waals surface area (Å²) in [6.45, 7) is 6.76. The number of carbonyl (C=O) groups excluding carboxylic acids is 1. The van der Waals surface area contributed by atoms with Gasteiger partial charge in [-0.3, -0.25) is 0 Å². The molecule has 0 fully saturated rings. The van der Waals surface area contributed by atoms with E-state index in [-0.39, 0.29) is 15.7 Å². The lowest BCUT2D eigenvalue weighted by Gasteiger charge is -2.02. The first-order chi connectivity index (χ1) is 7.31. The fourth-order valence-electron chi connectivity index (χ4n) is 1.21. The van der Waals surface area contributed by atoms with E-state index in [1.807, 2.05) is 6.92 Å². The highest BCUT2D eigenvalue weighted by Gasteiger charge is 1.95. The minimum Gasteiger partial charge on any atom is -0.463 e. The van der Waals surface area contributed by atoms with Crippen LogP contribution in [0.3, 0.4) is 0 Å². The molecule has 0 aliphatic rings. The largest absolute Gasteiger partial charge is 0.463 e. The lowest BCUT2D eigenvalue weighted by atomic mass is 10.2. The molecule has 0 radical (unpaired) electrons. The van der Waals surface area contributed by atoms with Gasteiger partial charge >= 0.3 is 5.97 Å². The third kappa shape index (κ3) is 11.3. The van der Waals surface area contributed by atoms with Crippen molar-refractivity contribution in [2.24, 2.45) is 0 Å². The minimum atomic E-state index is -0.321. The van der Waals surface area contributed by atoms with Gasteiger partial charge in [-0.05, 0) is 19.4 Å². The molecule has 88 valence electrons. The van der Waals surface area contributed by atoms with Crippen molar-refractivity contribution in [3.63, 3.8) is 0 Å². The first kappa shape index (κ1) is 14.4. The Bertz CT molecular complexity index is 171. The van der Waals surface area contributed by atoms with Crippen LogP contribution in [0.5, 0.6) is 0 Å². The Morgan fingerprint density at radius 1 is 1.33 bits per heavy atom. The second-order valence-corrected chi connectivity index (χ2v) is 4.86. The molecular weight excluding hydrogens is 208 g/mol. The van der Waals surface area contributed by atoms with Gasteiger partial charge in [0.05, 0.1) is 6.61 Å². The molecule has 0 rings (SSSR count). The van der Waals surface area contributed by atoms with Crippen LogP contribution in [0.2, 0.25) is 6.04 Å². The average Bonchev–Trinajstić information content (AvgIpc) is 2.26. The first-order valence-corrected chi connectivity index (χ1v) is 7.26. The van der Waals surface area contributed by atoms with Crippen LogP contribution >= 0.6 is 0 Å². The zero-order valence-electron chi connectivity index (χ0n) is 9.67. The molecule has 0 aromatic heterocycles. The Hall–Kier alpha value is -0.613. The topological polar surface area (TPSA) is 35.5 Å². The molecule has 15 heavy (non-hydrogen) atoms. The van der Waals surface area contributed by atoms with E-state index in [1.54, 1.807) is 0 Å². The minimum absolute atomic E-state index is 0.243. The first-order valence-electron chi connectivity index (χ1n) is 5.68. The number of rotatable bonds is 10. The van der Waals surface area contributed by atoms with Gasteiger partial charge in [0, 0.05) is 12.7 Å². The van der Waals surface area contributed by atoms with Crippen molar-refractivity contribution in [2.45, 2.75) is 38.7 Å². The van der Waals surface area contributed by atoms with E-state index in [1.165, 1.54) is 25.0 Å². The molecule has 0 N–H and O–H groups in total. The number of esters is 1. The van der Waals surface area contributed by atoms with Crippen molar-refractivity contribution >= 4 is 15.7 Å². The van der Waals surface area contributed by atoms with Crippen LogP contribution in [0.15, 0.2) is 12.7 Å². The van der Waals surface area contributed by atoms with E-state index in [4.69, 9.17) is 9.16 Å². The molecule has 0 unspecified atom stereocenters. The van der Waals surface area contributed by atoms with E-state index >= 15 is 0 Å². The Kier molecular flexibility index (Phi) is 11.0. The Balaban J connectivity index is 2.98. The van der Waals surface area contributed by atoms with Crippen molar-refractivity contribution in [3.8, 4) is 0 Å². The second-order valence-electron chi connectivity index (χ2n) is 3.34.